The zero-order chi connectivity index (χ0) is 23.2. The number of nitrogens with zero attached hydrogens (tertiary/aromatic N) is 4. The molecule has 1 saturated heterocycles. The van der Waals surface area contributed by atoms with Crippen LogP contribution in [0.3, 0.4) is 0 Å². The van der Waals surface area contributed by atoms with Gasteiger partial charge in [-0.05, 0) is 29.8 Å². The molecule has 0 radical (unpaired) electrons. The van der Waals surface area contributed by atoms with Crippen molar-refractivity contribution in [2.24, 2.45) is 0 Å². The molecule has 0 saturated carbocycles. The molecule has 2 amide bonds. The summed E-state index contributed by atoms with van der Waals surface area (Å²) in [6, 6.07) is 15.9. The quantitative estimate of drug-likeness (QED) is 0.577. The van der Waals surface area contributed by atoms with Crippen LogP contribution in [0.5, 0.6) is 0 Å². The number of anilines is 2. The number of nitrogens with one attached hydrogen (secondary N) is 1. The van der Waals surface area contributed by atoms with E-state index >= 15 is 0 Å². The van der Waals surface area contributed by atoms with E-state index in [0.717, 1.165) is 5.56 Å². The summed E-state index contributed by atoms with van der Waals surface area (Å²) in [6.45, 7) is 3.30. The average molecular weight is 468 g/mol. The van der Waals surface area contributed by atoms with Crippen LogP contribution in [-0.4, -0.2) is 71.3 Å². The van der Waals surface area contributed by atoms with Gasteiger partial charge in [-0.1, -0.05) is 30.3 Å². The zero-order valence-corrected chi connectivity index (χ0v) is 19.2. The van der Waals surface area contributed by atoms with E-state index in [1.807, 2.05) is 37.4 Å². The number of hydrogen-bond donors (Lipinski definition) is 1. The standard InChI is InChI=1S/C24H26FN5O2S/c1-28(15-18-5-3-2-4-6-18)22(31)16-29-11-13-30(14-12-29)23(32)21-17-33-24(27-21)26-20-9-7-19(25)8-10-20/h2-10,17H,11-16H2,1H3,(H,26,27). The van der Waals surface area contributed by atoms with Gasteiger partial charge in [0.15, 0.2) is 5.13 Å². The highest BCUT2D eigenvalue weighted by atomic mass is 32.1. The number of rotatable bonds is 7. The van der Waals surface area contributed by atoms with Crippen molar-refractivity contribution in [2.75, 3.05) is 45.1 Å². The van der Waals surface area contributed by atoms with Crippen LogP contribution in [0.25, 0.3) is 0 Å². The first-order valence-corrected chi connectivity index (χ1v) is 11.6. The number of aromatic nitrogens is 1. The highest BCUT2D eigenvalue weighted by molar-refractivity contribution is 7.14. The van der Waals surface area contributed by atoms with Crippen molar-refractivity contribution in [3.63, 3.8) is 0 Å². The van der Waals surface area contributed by atoms with Crippen LogP contribution in [0, 0.1) is 5.82 Å². The van der Waals surface area contributed by atoms with Crippen molar-refractivity contribution in [3.05, 3.63) is 77.1 Å². The maximum atomic E-state index is 13.1. The van der Waals surface area contributed by atoms with Crippen LogP contribution in [0.15, 0.2) is 60.0 Å². The predicted molar refractivity (Wildman–Crippen MR) is 127 cm³/mol. The number of likely N-dealkylation sites (N-methyl/N-ethyl adjacent to an activating group) is 1. The van der Waals surface area contributed by atoms with Gasteiger partial charge in [0.2, 0.25) is 5.91 Å². The minimum Gasteiger partial charge on any atom is -0.340 e. The zero-order valence-electron chi connectivity index (χ0n) is 18.4. The Morgan fingerprint density at radius 2 is 1.76 bits per heavy atom. The number of benzene rings is 2. The first-order chi connectivity index (χ1) is 16.0. The second-order valence-electron chi connectivity index (χ2n) is 7.97. The number of hydrogen-bond acceptors (Lipinski definition) is 6. The molecular formula is C24H26FN5O2S. The molecule has 33 heavy (non-hydrogen) atoms. The molecule has 172 valence electrons. The fourth-order valence-corrected chi connectivity index (χ4v) is 4.32. The van der Waals surface area contributed by atoms with E-state index in [4.69, 9.17) is 0 Å². The van der Waals surface area contributed by atoms with Crippen LogP contribution in [0.4, 0.5) is 15.2 Å². The summed E-state index contributed by atoms with van der Waals surface area (Å²) in [4.78, 5) is 35.4. The molecule has 2 aromatic carbocycles. The maximum absolute atomic E-state index is 13.1. The van der Waals surface area contributed by atoms with Gasteiger partial charge in [0, 0.05) is 50.8 Å². The van der Waals surface area contributed by atoms with E-state index in [9.17, 15) is 14.0 Å². The first kappa shape index (κ1) is 22.9. The largest absolute Gasteiger partial charge is 0.340 e. The van der Waals surface area contributed by atoms with Crippen LogP contribution in [0.2, 0.25) is 0 Å². The van der Waals surface area contributed by atoms with Gasteiger partial charge in [-0.25, -0.2) is 9.37 Å². The Morgan fingerprint density at radius 1 is 1.06 bits per heavy atom. The minimum atomic E-state index is -0.306. The normalized spacial score (nSPS) is 14.2. The van der Waals surface area contributed by atoms with Crippen molar-refractivity contribution in [3.8, 4) is 0 Å². The predicted octanol–water partition coefficient (Wildman–Crippen LogP) is 3.44. The molecule has 0 bridgehead atoms. The molecule has 1 fully saturated rings. The minimum absolute atomic E-state index is 0.0645. The Morgan fingerprint density at radius 3 is 2.45 bits per heavy atom. The number of piperazine rings is 1. The lowest BCUT2D eigenvalue weighted by atomic mass is 10.2. The molecule has 9 heteroatoms. The molecular weight excluding hydrogens is 441 g/mol. The summed E-state index contributed by atoms with van der Waals surface area (Å²) >= 11 is 1.33. The molecule has 0 aliphatic carbocycles. The van der Waals surface area contributed by atoms with Gasteiger partial charge in [-0.15, -0.1) is 11.3 Å². The first-order valence-electron chi connectivity index (χ1n) is 10.8. The lowest BCUT2D eigenvalue weighted by Gasteiger charge is -2.34. The summed E-state index contributed by atoms with van der Waals surface area (Å²) in [5.74, 6) is -0.362. The number of carbonyl (C=O) groups is 2. The van der Waals surface area contributed by atoms with E-state index in [1.165, 1.54) is 23.5 Å². The van der Waals surface area contributed by atoms with Gasteiger partial charge in [0.25, 0.3) is 5.91 Å². The van der Waals surface area contributed by atoms with Gasteiger partial charge < -0.3 is 15.1 Å². The highest BCUT2D eigenvalue weighted by Crippen LogP contribution is 2.22. The number of thiazole rings is 1. The van der Waals surface area contributed by atoms with Gasteiger partial charge in [0.1, 0.15) is 11.5 Å². The Bertz CT molecular complexity index is 1080. The average Bonchev–Trinajstić information content (AvgIpc) is 3.29. The third-order valence-electron chi connectivity index (χ3n) is 5.53. The molecule has 1 aromatic heterocycles. The van der Waals surface area contributed by atoms with Crippen molar-refractivity contribution >= 4 is 34.0 Å². The van der Waals surface area contributed by atoms with Gasteiger partial charge in [-0.2, -0.15) is 0 Å². The van der Waals surface area contributed by atoms with Crippen LogP contribution in [-0.2, 0) is 11.3 Å². The molecule has 0 unspecified atom stereocenters. The van der Waals surface area contributed by atoms with E-state index in [2.05, 4.69) is 15.2 Å². The van der Waals surface area contributed by atoms with Gasteiger partial charge >= 0.3 is 0 Å². The molecule has 2 heterocycles. The summed E-state index contributed by atoms with van der Waals surface area (Å²) in [5.41, 5.74) is 2.19. The monoisotopic (exact) mass is 467 g/mol. The van der Waals surface area contributed by atoms with Crippen molar-refractivity contribution in [2.45, 2.75) is 6.54 Å². The van der Waals surface area contributed by atoms with Crippen LogP contribution in [0.1, 0.15) is 16.1 Å². The SMILES string of the molecule is CN(Cc1ccccc1)C(=O)CN1CCN(C(=O)c2csc(Nc3ccc(F)cc3)n2)CC1. The summed E-state index contributed by atoms with van der Waals surface area (Å²) in [6.07, 6.45) is 0. The van der Waals surface area contributed by atoms with Crippen LogP contribution >= 0.6 is 11.3 Å². The molecule has 7 nitrogen and oxygen atoms in total. The summed E-state index contributed by atoms with van der Waals surface area (Å²) in [5, 5.41) is 5.39. The van der Waals surface area contributed by atoms with Gasteiger partial charge in [0.05, 0.1) is 6.54 Å². The number of halogens is 1. The lowest BCUT2D eigenvalue weighted by molar-refractivity contribution is -0.132. The Labute approximate surface area is 196 Å². The summed E-state index contributed by atoms with van der Waals surface area (Å²) in [7, 11) is 1.81. The third-order valence-corrected chi connectivity index (χ3v) is 6.28. The lowest BCUT2D eigenvalue weighted by Crippen LogP contribution is -2.51. The Balaban J connectivity index is 1.24. The molecule has 1 N–H and O–H groups in total. The van der Waals surface area contributed by atoms with Crippen molar-refractivity contribution in [1.82, 2.24) is 19.7 Å². The van der Waals surface area contributed by atoms with Crippen LogP contribution < -0.4 is 5.32 Å². The Kier molecular flexibility index (Phi) is 7.31. The van der Waals surface area contributed by atoms with Gasteiger partial charge in [-0.3, -0.25) is 14.5 Å². The summed E-state index contributed by atoms with van der Waals surface area (Å²) < 4.78 is 13.1. The third kappa shape index (κ3) is 6.15. The highest BCUT2D eigenvalue weighted by Gasteiger charge is 2.25. The van der Waals surface area contributed by atoms with Crippen molar-refractivity contribution in [1.29, 1.82) is 0 Å². The molecule has 0 spiro atoms. The fraction of sp³-hybridized carbons (Fsp3) is 0.292. The molecule has 4 rings (SSSR count). The fourth-order valence-electron chi connectivity index (χ4n) is 3.61. The van der Waals surface area contributed by atoms with Crippen molar-refractivity contribution < 1.29 is 14.0 Å². The molecule has 1 aliphatic rings. The van der Waals surface area contributed by atoms with E-state index in [1.54, 1.807) is 27.3 Å². The van der Waals surface area contributed by atoms with E-state index in [-0.39, 0.29) is 17.6 Å². The number of amides is 2. The topological polar surface area (TPSA) is 68.8 Å². The van der Waals surface area contributed by atoms with E-state index < -0.39 is 0 Å². The number of carbonyl (C=O) groups excluding carboxylic acids is 2. The Hall–Kier alpha value is -3.30. The second kappa shape index (κ2) is 10.5. The molecule has 0 atom stereocenters. The maximum Gasteiger partial charge on any atom is 0.273 e. The second-order valence-corrected chi connectivity index (χ2v) is 8.83. The van der Waals surface area contributed by atoms with E-state index in [0.29, 0.717) is 55.8 Å². The molecule has 1 aliphatic heterocycles. The molecule has 3 aromatic rings. The smallest absolute Gasteiger partial charge is 0.273 e.